The Labute approximate surface area is 130 Å². The van der Waals surface area contributed by atoms with Crippen molar-refractivity contribution >= 4 is 15.7 Å². The van der Waals surface area contributed by atoms with Crippen LogP contribution < -0.4 is 9.46 Å². The standard InChI is InChI=1S/C16H18FNO3S/c1-11(2)21-15-6-4-5-14(10-15)18-22(19,20)16-8-7-13(17)9-12(16)3/h4-11,18H,1-3H3. The van der Waals surface area contributed by atoms with Gasteiger partial charge in [-0.2, -0.15) is 0 Å². The summed E-state index contributed by atoms with van der Waals surface area (Å²) < 4.78 is 45.9. The summed E-state index contributed by atoms with van der Waals surface area (Å²) in [6.07, 6.45) is -0.00815. The van der Waals surface area contributed by atoms with E-state index in [-0.39, 0.29) is 11.0 Å². The number of nitrogens with one attached hydrogen (secondary N) is 1. The Morgan fingerprint density at radius 3 is 2.50 bits per heavy atom. The summed E-state index contributed by atoms with van der Waals surface area (Å²) in [6, 6.07) is 10.3. The van der Waals surface area contributed by atoms with Gasteiger partial charge in [0.1, 0.15) is 11.6 Å². The van der Waals surface area contributed by atoms with Gasteiger partial charge in [-0.05, 0) is 56.7 Å². The molecule has 0 aromatic heterocycles. The molecular weight excluding hydrogens is 305 g/mol. The molecule has 0 fully saturated rings. The first kappa shape index (κ1) is 16.3. The van der Waals surface area contributed by atoms with Gasteiger partial charge < -0.3 is 4.74 Å². The molecule has 1 N–H and O–H groups in total. The maximum atomic E-state index is 13.1. The van der Waals surface area contributed by atoms with Gasteiger partial charge >= 0.3 is 0 Å². The number of rotatable bonds is 5. The molecule has 0 amide bonds. The summed E-state index contributed by atoms with van der Waals surface area (Å²) in [6.45, 7) is 5.33. The van der Waals surface area contributed by atoms with Crippen molar-refractivity contribution in [2.75, 3.05) is 4.72 Å². The molecule has 6 heteroatoms. The molecule has 0 aliphatic carbocycles. The number of halogens is 1. The Morgan fingerprint density at radius 2 is 1.86 bits per heavy atom. The fourth-order valence-electron chi connectivity index (χ4n) is 2.03. The predicted octanol–water partition coefficient (Wildman–Crippen LogP) is 3.72. The van der Waals surface area contributed by atoms with E-state index in [4.69, 9.17) is 4.74 Å². The second-order valence-electron chi connectivity index (χ2n) is 5.21. The molecule has 118 valence electrons. The molecular formula is C16H18FNO3S. The van der Waals surface area contributed by atoms with Crippen LogP contribution in [0, 0.1) is 12.7 Å². The molecule has 0 aliphatic heterocycles. The highest BCUT2D eigenvalue weighted by molar-refractivity contribution is 7.92. The van der Waals surface area contributed by atoms with Crippen LogP contribution >= 0.6 is 0 Å². The Hall–Kier alpha value is -2.08. The number of benzene rings is 2. The highest BCUT2D eigenvalue weighted by Crippen LogP contribution is 2.23. The second-order valence-corrected chi connectivity index (χ2v) is 6.86. The molecule has 0 radical (unpaired) electrons. The number of hydrogen-bond donors (Lipinski definition) is 1. The summed E-state index contributed by atoms with van der Waals surface area (Å²) in [5.41, 5.74) is 0.740. The summed E-state index contributed by atoms with van der Waals surface area (Å²) in [4.78, 5) is 0.0454. The van der Waals surface area contributed by atoms with Gasteiger partial charge in [0.15, 0.2) is 0 Å². The molecule has 0 unspecified atom stereocenters. The maximum absolute atomic E-state index is 13.1. The Morgan fingerprint density at radius 1 is 1.14 bits per heavy atom. The van der Waals surface area contributed by atoms with E-state index in [1.54, 1.807) is 31.2 Å². The molecule has 4 nitrogen and oxygen atoms in total. The van der Waals surface area contributed by atoms with Crippen LogP contribution in [-0.4, -0.2) is 14.5 Å². The van der Waals surface area contributed by atoms with Gasteiger partial charge in [-0.25, -0.2) is 12.8 Å². The number of sulfonamides is 1. The monoisotopic (exact) mass is 323 g/mol. The Kier molecular flexibility index (Phi) is 4.71. The van der Waals surface area contributed by atoms with E-state index in [9.17, 15) is 12.8 Å². The lowest BCUT2D eigenvalue weighted by Crippen LogP contribution is -2.14. The number of aryl methyl sites for hydroxylation is 1. The average molecular weight is 323 g/mol. The molecule has 0 saturated heterocycles. The van der Waals surface area contributed by atoms with Crippen molar-refractivity contribution < 1.29 is 17.5 Å². The fourth-order valence-corrected chi connectivity index (χ4v) is 3.31. The van der Waals surface area contributed by atoms with Crippen LogP contribution in [0.5, 0.6) is 5.75 Å². The predicted molar refractivity (Wildman–Crippen MR) is 84.2 cm³/mol. The van der Waals surface area contributed by atoms with E-state index in [1.807, 2.05) is 13.8 Å². The first-order valence-electron chi connectivity index (χ1n) is 6.83. The van der Waals surface area contributed by atoms with Gasteiger partial charge in [0.25, 0.3) is 10.0 Å². The molecule has 22 heavy (non-hydrogen) atoms. The van der Waals surface area contributed by atoms with Crippen molar-refractivity contribution in [2.24, 2.45) is 0 Å². The van der Waals surface area contributed by atoms with E-state index in [1.165, 1.54) is 12.1 Å². The third-order valence-electron chi connectivity index (χ3n) is 2.88. The van der Waals surface area contributed by atoms with Gasteiger partial charge in [-0.3, -0.25) is 4.72 Å². The first-order valence-corrected chi connectivity index (χ1v) is 8.32. The zero-order valence-electron chi connectivity index (χ0n) is 12.6. The quantitative estimate of drug-likeness (QED) is 0.912. The summed E-state index contributed by atoms with van der Waals surface area (Å²) in [5.74, 6) is 0.106. The topological polar surface area (TPSA) is 55.4 Å². The zero-order valence-corrected chi connectivity index (χ0v) is 13.4. The summed E-state index contributed by atoms with van der Waals surface area (Å²) >= 11 is 0. The van der Waals surface area contributed by atoms with Gasteiger partial charge in [-0.1, -0.05) is 6.07 Å². The molecule has 0 saturated carbocycles. The lowest BCUT2D eigenvalue weighted by Gasteiger charge is -2.13. The Bertz CT molecular complexity index is 773. The van der Waals surface area contributed by atoms with E-state index in [2.05, 4.69) is 4.72 Å². The van der Waals surface area contributed by atoms with Crippen LogP contribution in [0.4, 0.5) is 10.1 Å². The SMILES string of the molecule is Cc1cc(F)ccc1S(=O)(=O)Nc1cccc(OC(C)C)c1. The van der Waals surface area contributed by atoms with E-state index in [0.717, 1.165) is 6.07 Å². The van der Waals surface area contributed by atoms with Crippen molar-refractivity contribution in [1.82, 2.24) is 0 Å². The number of anilines is 1. The Balaban J connectivity index is 2.29. The van der Waals surface area contributed by atoms with E-state index < -0.39 is 15.8 Å². The molecule has 0 bridgehead atoms. The van der Waals surface area contributed by atoms with Crippen molar-refractivity contribution in [3.05, 3.63) is 53.8 Å². The lowest BCUT2D eigenvalue weighted by atomic mass is 10.2. The minimum Gasteiger partial charge on any atom is -0.491 e. The molecule has 2 aromatic rings. The highest BCUT2D eigenvalue weighted by atomic mass is 32.2. The van der Waals surface area contributed by atoms with Crippen LogP contribution in [0.25, 0.3) is 0 Å². The van der Waals surface area contributed by atoms with Gasteiger partial charge in [0.05, 0.1) is 16.7 Å². The van der Waals surface area contributed by atoms with Crippen molar-refractivity contribution in [3.8, 4) is 5.75 Å². The fraction of sp³-hybridized carbons (Fsp3) is 0.250. The molecule has 0 atom stereocenters. The molecule has 2 rings (SSSR count). The van der Waals surface area contributed by atoms with E-state index >= 15 is 0 Å². The van der Waals surface area contributed by atoms with Gasteiger partial charge in [0.2, 0.25) is 0 Å². The number of ether oxygens (including phenoxy) is 1. The van der Waals surface area contributed by atoms with Crippen LogP contribution in [0.15, 0.2) is 47.4 Å². The lowest BCUT2D eigenvalue weighted by molar-refractivity contribution is 0.242. The minimum atomic E-state index is -3.78. The molecule has 0 heterocycles. The van der Waals surface area contributed by atoms with Gasteiger partial charge in [0, 0.05) is 6.07 Å². The minimum absolute atomic E-state index is 0.00815. The molecule has 0 aliphatic rings. The third kappa shape index (κ3) is 3.98. The van der Waals surface area contributed by atoms with Crippen molar-refractivity contribution in [3.63, 3.8) is 0 Å². The van der Waals surface area contributed by atoms with Gasteiger partial charge in [-0.15, -0.1) is 0 Å². The van der Waals surface area contributed by atoms with Crippen LogP contribution in [0.3, 0.4) is 0 Å². The number of hydrogen-bond acceptors (Lipinski definition) is 3. The normalized spacial score (nSPS) is 11.5. The maximum Gasteiger partial charge on any atom is 0.262 e. The van der Waals surface area contributed by atoms with Crippen molar-refractivity contribution in [2.45, 2.75) is 31.8 Å². The highest BCUT2D eigenvalue weighted by Gasteiger charge is 2.17. The molecule has 2 aromatic carbocycles. The van der Waals surface area contributed by atoms with Crippen LogP contribution in [0.1, 0.15) is 19.4 Å². The second kappa shape index (κ2) is 6.36. The molecule has 0 spiro atoms. The van der Waals surface area contributed by atoms with Crippen LogP contribution in [0.2, 0.25) is 0 Å². The summed E-state index contributed by atoms with van der Waals surface area (Å²) in [7, 11) is -3.78. The zero-order chi connectivity index (χ0) is 16.3. The van der Waals surface area contributed by atoms with Crippen LogP contribution in [-0.2, 0) is 10.0 Å². The third-order valence-corrected chi connectivity index (χ3v) is 4.43. The summed E-state index contributed by atoms with van der Waals surface area (Å²) in [5, 5.41) is 0. The van der Waals surface area contributed by atoms with E-state index in [0.29, 0.717) is 17.0 Å². The largest absolute Gasteiger partial charge is 0.491 e. The average Bonchev–Trinajstić information content (AvgIpc) is 2.36. The first-order chi connectivity index (χ1) is 10.3. The van der Waals surface area contributed by atoms with Crippen molar-refractivity contribution in [1.29, 1.82) is 0 Å². The smallest absolute Gasteiger partial charge is 0.262 e.